The second kappa shape index (κ2) is 29.3. The maximum Gasteiger partial charge on any atom is 0.469 e. The zero-order valence-corrected chi connectivity index (χ0v) is 43.3. The summed E-state index contributed by atoms with van der Waals surface area (Å²) in [4.78, 5) is 41.5. The zero-order chi connectivity index (χ0) is 59.3. The van der Waals surface area contributed by atoms with Crippen molar-refractivity contribution in [2.24, 2.45) is 5.16 Å². The molecule has 30 atom stereocenters. The molecule has 12 unspecified atom stereocenters. The molecule has 0 aromatic heterocycles. The van der Waals surface area contributed by atoms with Crippen LogP contribution in [0.5, 0.6) is 0 Å². The van der Waals surface area contributed by atoms with Crippen LogP contribution < -0.4 is 0 Å². The molecule has 39 nitrogen and oxygen atoms in total. The maximum atomic E-state index is 11.7. The molecule has 0 saturated carbocycles. The molecule has 0 aliphatic carbocycles. The fraction of sp³-hybridized carbons (Fsp3) is 0.974. The van der Waals surface area contributed by atoms with Gasteiger partial charge in [0.15, 0.2) is 37.7 Å². The smallest absolute Gasteiger partial charge is 0.394 e. The van der Waals surface area contributed by atoms with Gasteiger partial charge < -0.3 is 168 Å². The van der Waals surface area contributed by atoms with E-state index in [1.807, 2.05) is 0 Å². The van der Waals surface area contributed by atoms with Crippen LogP contribution in [0, 0.1) is 0 Å². The summed E-state index contributed by atoms with van der Waals surface area (Å²) in [5.74, 6) is 0. The van der Waals surface area contributed by atoms with Crippen molar-refractivity contribution in [3.05, 3.63) is 0 Å². The molecule has 6 aliphatic heterocycles. The average Bonchev–Trinajstić information content (AvgIpc) is 3.40. The Labute approximate surface area is 450 Å². The molecule has 6 aliphatic rings. The lowest BCUT2D eigenvalue weighted by Gasteiger charge is -2.48. The van der Waals surface area contributed by atoms with Crippen molar-refractivity contribution in [1.82, 2.24) is 0 Å². The minimum absolute atomic E-state index is 0.764. The van der Waals surface area contributed by atoms with Gasteiger partial charge in [0.2, 0.25) is 6.79 Å². The van der Waals surface area contributed by atoms with Gasteiger partial charge in [-0.1, -0.05) is 5.16 Å². The van der Waals surface area contributed by atoms with Gasteiger partial charge in [-0.2, -0.15) is 0 Å². The van der Waals surface area contributed by atoms with E-state index in [2.05, 4.69) is 14.2 Å². The van der Waals surface area contributed by atoms with Gasteiger partial charge in [-0.25, -0.2) is 9.13 Å². The molecule has 6 saturated heterocycles. The number of aliphatic hydroxyl groups excluding tert-OH is 17. The second-order valence-electron chi connectivity index (χ2n) is 18.8. The lowest BCUT2D eigenvalue weighted by molar-refractivity contribution is -0.393. The van der Waals surface area contributed by atoms with Crippen LogP contribution in [-0.4, -0.2) is 343 Å². The number of aliphatic hydroxyl groups is 17. The molecule has 0 aromatic rings. The van der Waals surface area contributed by atoms with Gasteiger partial charge >= 0.3 is 15.6 Å². The van der Waals surface area contributed by atoms with Crippen LogP contribution in [0.15, 0.2) is 5.16 Å². The number of phosphoric acid groups is 2. The second-order valence-corrected chi connectivity index (χ2v) is 21.3. The summed E-state index contributed by atoms with van der Waals surface area (Å²) in [5.41, 5.74) is 0. The highest BCUT2D eigenvalue weighted by atomic mass is 31.2. The fourth-order valence-corrected chi connectivity index (χ4v) is 9.58. The third-order valence-corrected chi connectivity index (χ3v) is 14.3. The molecule has 0 amide bonds. The van der Waals surface area contributed by atoms with Crippen molar-refractivity contribution in [2.75, 3.05) is 46.4 Å². The number of oxime groups is 1. The molecule has 0 radical (unpaired) electrons. The van der Waals surface area contributed by atoms with Crippen molar-refractivity contribution >= 4 is 21.9 Å². The molecule has 0 spiro atoms. The number of ether oxygens (including phenoxy) is 12. The van der Waals surface area contributed by atoms with Crippen molar-refractivity contribution in [1.29, 1.82) is 0 Å². The standard InChI is InChI=1S/C39H69NO38P2/c1-2-40-67-9-66-35-30(57)31(76-39-33(26(53)17(44)11(4-42)71-39)78-37-29(56)24(51)20(47)15(75-37)8-69-80(61,62)63)21(48)13(73-35)6-64-34-27(54)22(49)18(45)12(72-34)5-65-38-32(25(52)16(43)10(3-41)70-38)77-36-28(55)23(50)19(46)14(74-36)7-68-79(58,59)60/h2,10-39,41-57H,3-9H2,1H3,(H2,58,59,60)(H2,61,62,63)/t10?,11?,12?,13?,14?,15?,16-,17-,18-,19-,20-,21-,22?,23+,24?,25?,26?,27-,28?,29-,30?,31+,32-,33-,34+,35-,36-,37-,38+,39-/m1/s1. The van der Waals surface area contributed by atoms with Crippen molar-refractivity contribution < 1.29 is 186 Å². The summed E-state index contributed by atoms with van der Waals surface area (Å²) in [6.07, 6.45) is -59.6. The number of nitrogens with zero attached hydrogens (tertiary/aromatic N) is 1. The highest BCUT2D eigenvalue weighted by molar-refractivity contribution is 7.46. The first-order valence-electron chi connectivity index (χ1n) is 24.2. The van der Waals surface area contributed by atoms with Crippen molar-refractivity contribution in [2.45, 2.75) is 191 Å². The lowest BCUT2D eigenvalue weighted by atomic mass is 9.96. The van der Waals surface area contributed by atoms with Crippen LogP contribution in [0.25, 0.3) is 0 Å². The van der Waals surface area contributed by atoms with E-state index >= 15 is 0 Å². The Hall–Kier alpha value is -1.47. The Kier molecular flexibility index (Phi) is 24.8. The van der Waals surface area contributed by atoms with Gasteiger partial charge in [-0.3, -0.25) is 9.05 Å². The molecular weight excluding hydrogens is 1150 g/mol. The molecule has 468 valence electrons. The van der Waals surface area contributed by atoms with Crippen LogP contribution in [-0.2, 0) is 79.9 Å². The van der Waals surface area contributed by atoms with E-state index in [0.717, 1.165) is 0 Å². The normalized spacial score (nSPS) is 47.1. The van der Waals surface area contributed by atoms with Crippen LogP contribution in [0.2, 0.25) is 0 Å². The lowest BCUT2D eigenvalue weighted by Crippen LogP contribution is -2.67. The maximum absolute atomic E-state index is 11.7. The highest BCUT2D eigenvalue weighted by Crippen LogP contribution is 2.40. The Morgan fingerprint density at radius 1 is 0.375 bits per heavy atom. The van der Waals surface area contributed by atoms with Gasteiger partial charge in [0.25, 0.3) is 0 Å². The first kappa shape index (κ1) is 67.7. The summed E-state index contributed by atoms with van der Waals surface area (Å²) < 4.78 is 98.8. The summed E-state index contributed by atoms with van der Waals surface area (Å²) in [6, 6.07) is 0. The van der Waals surface area contributed by atoms with Crippen molar-refractivity contribution in [3.8, 4) is 0 Å². The van der Waals surface area contributed by atoms with Crippen molar-refractivity contribution in [3.63, 3.8) is 0 Å². The monoisotopic (exact) mass is 1220 g/mol. The van der Waals surface area contributed by atoms with E-state index in [4.69, 9.17) is 81.3 Å². The fourth-order valence-electron chi connectivity index (χ4n) is 8.90. The molecule has 0 aromatic carbocycles. The summed E-state index contributed by atoms with van der Waals surface area (Å²) in [6.45, 7) is -5.36. The minimum Gasteiger partial charge on any atom is -0.394 e. The molecule has 21 N–H and O–H groups in total. The van der Waals surface area contributed by atoms with E-state index in [1.165, 1.54) is 13.1 Å². The first-order valence-corrected chi connectivity index (χ1v) is 27.2. The quantitative estimate of drug-likeness (QED) is 0.0140. The Balaban J connectivity index is 1.18. The first-order chi connectivity index (χ1) is 37.5. The Bertz CT molecular complexity index is 2020. The van der Waals surface area contributed by atoms with E-state index in [-0.39, 0.29) is 0 Å². The van der Waals surface area contributed by atoms with Gasteiger partial charge in [0.05, 0.1) is 39.6 Å². The van der Waals surface area contributed by atoms with E-state index in [1.54, 1.807) is 0 Å². The van der Waals surface area contributed by atoms with Crippen LogP contribution >= 0.6 is 15.6 Å². The molecule has 41 heteroatoms. The predicted molar refractivity (Wildman–Crippen MR) is 240 cm³/mol. The minimum atomic E-state index is -5.21. The van der Waals surface area contributed by atoms with E-state index in [0.29, 0.717) is 0 Å². The number of phosphoric ester groups is 2. The summed E-state index contributed by atoms with van der Waals surface area (Å²) >= 11 is 0. The predicted octanol–water partition coefficient (Wildman–Crippen LogP) is -12.9. The summed E-state index contributed by atoms with van der Waals surface area (Å²) in [5, 5.41) is 187. The highest BCUT2D eigenvalue weighted by Gasteiger charge is 2.57. The van der Waals surface area contributed by atoms with E-state index < -0.39 is 246 Å². The molecule has 6 rings (SSSR count). The largest absolute Gasteiger partial charge is 0.469 e. The molecule has 80 heavy (non-hydrogen) atoms. The number of rotatable bonds is 24. The molecule has 6 fully saturated rings. The van der Waals surface area contributed by atoms with E-state index in [9.17, 15) is 95.9 Å². The zero-order valence-electron chi connectivity index (χ0n) is 41.5. The van der Waals surface area contributed by atoms with Gasteiger partial charge in [0.1, 0.15) is 146 Å². The third-order valence-electron chi connectivity index (χ3n) is 13.3. The number of hydrogen-bond donors (Lipinski definition) is 21. The van der Waals surface area contributed by atoms with Crippen LogP contribution in [0.3, 0.4) is 0 Å². The molecule has 6 heterocycles. The summed E-state index contributed by atoms with van der Waals surface area (Å²) in [7, 11) is -10.4. The van der Waals surface area contributed by atoms with Crippen LogP contribution in [0.1, 0.15) is 6.92 Å². The van der Waals surface area contributed by atoms with Gasteiger partial charge in [-0.05, 0) is 6.92 Å². The Morgan fingerprint density at radius 2 is 0.713 bits per heavy atom. The molecular formula is C39H69NO38P2. The number of hydrogen-bond acceptors (Lipinski definition) is 35. The van der Waals surface area contributed by atoms with Gasteiger partial charge in [0, 0.05) is 6.21 Å². The van der Waals surface area contributed by atoms with Crippen LogP contribution in [0.4, 0.5) is 0 Å². The third kappa shape index (κ3) is 16.5. The average molecular weight is 1220 g/mol. The van der Waals surface area contributed by atoms with Gasteiger partial charge in [-0.15, -0.1) is 0 Å². The Morgan fingerprint density at radius 3 is 1.15 bits per heavy atom. The molecule has 0 bridgehead atoms. The topological polar surface area (TPSA) is 610 Å². The SMILES string of the molecule is CC=NOCO[C@@H]1OC(CO[C@H]2OC(CO[C@H]3OC(CO)[C@@H](O)C(O)[C@H]3O[C@H]3OC(COP(=O)(O)O)[C@@H](O)[C@H](O)C3O)[C@@H](O)C(O)[C@H]2O)[C@@H](O)[C@H](O[C@H]2OC(CO)[C@@H](O)C(O)[C@H]2O[C@H]2OC(COP(=O)(O)O)[C@@H](O)C(O)[C@H]2O)C1O.